The molecule has 0 aromatic heterocycles. The molecule has 0 unspecified atom stereocenters. The van der Waals surface area contributed by atoms with Crippen LogP contribution in [0.1, 0.15) is 32.3 Å². The maximum Gasteiger partial charge on any atom is 0.243 e. The average molecular weight is 346 g/mol. The van der Waals surface area contributed by atoms with E-state index in [1.165, 1.54) is 0 Å². The van der Waals surface area contributed by atoms with E-state index in [1.54, 1.807) is 10.4 Å². The predicted octanol–water partition coefficient (Wildman–Crippen LogP) is 3.57. The number of halogens is 1. The van der Waals surface area contributed by atoms with Crippen LogP contribution in [0.4, 0.5) is 0 Å². The smallest absolute Gasteiger partial charge is 0.207 e. The van der Waals surface area contributed by atoms with Crippen molar-refractivity contribution in [3.8, 4) is 0 Å². The van der Waals surface area contributed by atoms with Gasteiger partial charge in [0.2, 0.25) is 10.0 Å². The molecule has 1 fully saturated rings. The summed E-state index contributed by atoms with van der Waals surface area (Å²) >= 11 is 3.36. The van der Waals surface area contributed by atoms with Gasteiger partial charge in [0.1, 0.15) is 0 Å². The number of benzene rings is 1. The van der Waals surface area contributed by atoms with E-state index in [9.17, 15) is 8.42 Å². The second-order valence-electron chi connectivity index (χ2n) is 5.52. The third-order valence-electron chi connectivity index (χ3n) is 3.45. The molecule has 1 aliphatic rings. The van der Waals surface area contributed by atoms with E-state index in [0.717, 1.165) is 22.9 Å². The lowest BCUT2D eigenvalue weighted by atomic mass is 10.2. The lowest BCUT2D eigenvalue weighted by molar-refractivity contribution is 0.341. The highest BCUT2D eigenvalue weighted by Crippen LogP contribution is 2.33. The van der Waals surface area contributed by atoms with E-state index in [-0.39, 0.29) is 6.04 Å². The summed E-state index contributed by atoms with van der Waals surface area (Å²) in [6, 6.07) is 5.40. The highest BCUT2D eigenvalue weighted by molar-refractivity contribution is 9.10. The Hall–Kier alpha value is -0.390. The van der Waals surface area contributed by atoms with E-state index in [1.807, 2.05) is 32.9 Å². The van der Waals surface area contributed by atoms with Gasteiger partial charge < -0.3 is 0 Å². The monoisotopic (exact) mass is 345 g/mol. The van der Waals surface area contributed by atoms with Crippen LogP contribution < -0.4 is 0 Å². The van der Waals surface area contributed by atoms with Crippen LogP contribution in [0.5, 0.6) is 0 Å². The van der Waals surface area contributed by atoms with Crippen molar-refractivity contribution in [1.82, 2.24) is 4.31 Å². The fourth-order valence-electron chi connectivity index (χ4n) is 2.12. The summed E-state index contributed by atoms with van der Waals surface area (Å²) in [5.41, 5.74) is 0.796. The molecule has 0 amide bonds. The van der Waals surface area contributed by atoms with Crippen molar-refractivity contribution in [2.24, 2.45) is 5.92 Å². The van der Waals surface area contributed by atoms with Crippen LogP contribution >= 0.6 is 15.9 Å². The van der Waals surface area contributed by atoms with Gasteiger partial charge in [-0.2, -0.15) is 4.31 Å². The maximum absolute atomic E-state index is 12.8. The number of hydrogen-bond donors (Lipinski definition) is 0. The molecule has 0 spiro atoms. The summed E-state index contributed by atoms with van der Waals surface area (Å²) in [4.78, 5) is 0.413. The van der Waals surface area contributed by atoms with Crippen molar-refractivity contribution in [3.63, 3.8) is 0 Å². The third-order valence-corrected chi connectivity index (χ3v) is 6.12. The van der Waals surface area contributed by atoms with E-state index < -0.39 is 10.0 Å². The van der Waals surface area contributed by atoms with E-state index >= 15 is 0 Å². The highest BCUT2D eigenvalue weighted by Gasteiger charge is 2.34. The van der Waals surface area contributed by atoms with Crippen LogP contribution in [0.15, 0.2) is 27.6 Å². The molecule has 106 valence electrons. The largest absolute Gasteiger partial charge is 0.243 e. The summed E-state index contributed by atoms with van der Waals surface area (Å²) in [5.74, 6) is 0.546. The number of sulfonamides is 1. The topological polar surface area (TPSA) is 37.4 Å². The summed E-state index contributed by atoms with van der Waals surface area (Å²) in [5, 5.41) is 0. The number of aryl methyl sites for hydroxylation is 1. The van der Waals surface area contributed by atoms with Crippen molar-refractivity contribution in [1.29, 1.82) is 0 Å². The Morgan fingerprint density at radius 3 is 2.53 bits per heavy atom. The molecular formula is C14H20BrNO2S. The van der Waals surface area contributed by atoms with Gasteiger partial charge in [-0.3, -0.25) is 0 Å². The van der Waals surface area contributed by atoms with Crippen molar-refractivity contribution in [3.05, 3.63) is 28.2 Å². The molecule has 1 aliphatic carbocycles. The molecule has 5 heteroatoms. The normalized spacial score (nSPS) is 16.3. The van der Waals surface area contributed by atoms with Gasteiger partial charge in [0.15, 0.2) is 0 Å². The minimum Gasteiger partial charge on any atom is -0.207 e. The number of nitrogens with zero attached hydrogens (tertiary/aromatic N) is 1. The zero-order valence-electron chi connectivity index (χ0n) is 11.6. The van der Waals surface area contributed by atoms with Crippen molar-refractivity contribution in [2.45, 2.75) is 44.6 Å². The van der Waals surface area contributed by atoms with Gasteiger partial charge in [-0.05, 0) is 57.2 Å². The van der Waals surface area contributed by atoms with Crippen molar-refractivity contribution >= 4 is 26.0 Å². The lowest BCUT2D eigenvalue weighted by Crippen LogP contribution is -2.38. The maximum atomic E-state index is 12.8. The van der Waals surface area contributed by atoms with Crippen LogP contribution in [-0.4, -0.2) is 25.3 Å². The Morgan fingerprint density at radius 2 is 2.00 bits per heavy atom. The highest BCUT2D eigenvalue weighted by atomic mass is 79.9. The van der Waals surface area contributed by atoms with Gasteiger partial charge in [-0.1, -0.05) is 22.0 Å². The van der Waals surface area contributed by atoms with Crippen LogP contribution in [0.3, 0.4) is 0 Å². The fraction of sp³-hybridized carbons (Fsp3) is 0.571. The molecule has 1 aromatic rings. The molecule has 0 N–H and O–H groups in total. The van der Waals surface area contributed by atoms with Gasteiger partial charge >= 0.3 is 0 Å². The van der Waals surface area contributed by atoms with Crippen LogP contribution in [-0.2, 0) is 10.0 Å². The molecule has 0 radical (unpaired) electrons. The molecule has 2 rings (SSSR count). The van der Waals surface area contributed by atoms with Gasteiger partial charge in [0, 0.05) is 17.1 Å². The van der Waals surface area contributed by atoms with Crippen molar-refractivity contribution in [2.75, 3.05) is 6.54 Å². The summed E-state index contributed by atoms with van der Waals surface area (Å²) < 4.78 is 28.1. The van der Waals surface area contributed by atoms with Gasteiger partial charge in [-0.15, -0.1) is 0 Å². The summed E-state index contributed by atoms with van der Waals surface area (Å²) in [7, 11) is -3.41. The zero-order chi connectivity index (χ0) is 14.2. The van der Waals surface area contributed by atoms with Crippen LogP contribution in [0.2, 0.25) is 0 Å². The molecule has 1 saturated carbocycles. The standard InChI is InChI=1S/C14H20BrNO2S/c1-10(2)16(9-12-5-6-12)19(17,18)14-8-13(15)7-4-11(14)3/h4,7-8,10,12H,5-6,9H2,1-3H3. The molecule has 0 saturated heterocycles. The van der Waals surface area contributed by atoms with Crippen molar-refractivity contribution < 1.29 is 8.42 Å². The fourth-order valence-corrected chi connectivity index (χ4v) is 4.60. The van der Waals surface area contributed by atoms with Gasteiger partial charge in [0.05, 0.1) is 4.90 Å². The molecule has 0 atom stereocenters. The minimum atomic E-state index is -3.41. The van der Waals surface area contributed by atoms with E-state index in [2.05, 4.69) is 15.9 Å². The van der Waals surface area contributed by atoms with E-state index in [4.69, 9.17) is 0 Å². The summed E-state index contributed by atoms with van der Waals surface area (Å²) in [6.07, 6.45) is 2.30. The Morgan fingerprint density at radius 1 is 1.37 bits per heavy atom. The Balaban J connectivity index is 2.40. The first-order valence-corrected chi connectivity index (χ1v) is 8.83. The third kappa shape index (κ3) is 3.38. The molecule has 19 heavy (non-hydrogen) atoms. The summed E-state index contributed by atoms with van der Waals surface area (Å²) in [6.45, 7) is 6.36. The first kappa shape index (κ1) is 15.0. The first-order valence-electron chi connectivity index (χ1n) is 6.60. The average Bonchev–Trinajstić information content (AvgIpc) is 3.12. The van der Waals surface area contributed by atoms with Crippen LogP contribution in [0, 0.1) is 12.8 Å². The number of rotatable bonds is 5. The molecule has 3 nitrogen and oxygen atoms in total. The molecule has 0 aliphatic heterocycles. The number of hydrogen-bond acceptors (Lipinski definition) is 2. The Labute approximate surface area is 124 Å². The molecule has 0 bridgehead atoms. The van der Waals surface area contributed by atoms with E-state index in [0.29, 0.717) is 17.4 Å². The lowest BCUT2D eigenvalue weighted by Gasteiger charge is -2.26. The second-order valence-corrected chi connectivity index (χ2v) is 8.30. The first-order chi connectivity index (χ1) is 8.82. The quantitative estimate of drug-likeness (QED) is 0.817. The predicted molar refractivity (Wildman–Crippen MR) is 80.6 cm³/mol. The van der Waals surface area contributed by atoms with Crippen LogP contribution in [0.25, 0.3) is 0 Å². The second kappa shape index (κ2) is 5.54. The zero-order valence-corrected chi connectivity index (χ0v) is 14.0. The van der Waals surface area contributed by atoms with Gasteiger partial charge in [0.25, 0.3) is 0 Å². The Kier molecular flexibility index (Phi) is 4.38. The SMILES string of the molecule is Cc1ccc(Br)cc1S(=O)(=O)N(CC1CC1)C(C)C. The van der Waals surface area contributed by atoms with Gasteiger partial charge in [-0.25, -0.2) is 8.42 Å². The Bertz CT molecular complexity index is 565. The molecule has 1 aromatic carbocycles. The minimum absolute atomic E-state index is 0.0102. The molecule has 0 heterocycles. The molecular weight excluding hydrogens is 326 g/mol.